The lowest BCUT2D eigenvalue weighted by Crippen LogP contribution is -2.41. The highest BCUT2D eigenvalue weighted by molar-refractivity contribution is 5.92. The molecule has 1 aliphatic carbocycles. The van der Waals surface area contributed by atoms with E-state index >= 15 is 0 Å². The number of aromatic nitrogens is 2. The topological polar surface area (TPSA) is 72.9 Å². The SMILES string of the molecule is Cc1cc(C(=O)NC(CN)C2CC2)nn1-c1ccccc1.Cl. The van der Waals surface area contributed by atoms with Gasteiger partial charge in [-0.1, -0.05) is 18.2 Å². The van der Waals surface area contributed by atoms with Crippen molar-refractivity contribution in [1.29, 1.82) is 0 Å². The number of halogens is 1. The van der Waals surface area contributed by atoms with Crippen molar-refractivity contribution >= 4 is 18.3 Å². The van der Waals surface area contributed by atoms with Gasteiger partial charge in [-0.3, -0.25) is 4.79 Å². The Labute approximate surface area is 136 Å². The molecule has 1 atom stereocenters. The molecule has 118 valence electrons. The van der Waals surface area contributed by atoms with Gasteiger partial charge in [0.15, 0.2) is 5.69 Å². The van der Waals surface area contributed by atoms with E-state index in [1.807, 2.05) is 43.3 Å². The van der Waals surface area contributed by atoms with Crippen molar-refractivity contribution in [2.75, 3.05) is 6.54 Å². The van der Waals surface area contributed by atoms with Gasteiger partial charge in [0.25, 0.3) is 5.91 Å². The molecule has 2 aromatic rings. The van der Waals surface area contributed by atoms with E-state index in [1.165, 1.54) is 0 Å². The van der Waals surface area contributed by atoms with Crippen LogP contribution in [0, 0.1) is 12.8 Å². The Morgan fingerprint density at radius 1 is 1.41 bits per heavy atom. The lowest BCUT2D eigenvalue weighted by molar-refractivity contribution is 0.0928. The smallest absolute Gasteiger partial charge is 0.272 e. The van der Waals surface area contributed by atoms with Crippen molar-refractivity contribution in [3.05, 3.63) is 47.8 Å². The van der Waals surface area contributed by atoms with E-state index in [2.05, 4.69) is 10.4 Å². The van der Waals surface area contributed by atoms with Crippen molar-refractivity contribution < 1.29 is 4.79 Å². The van der Waals surface area contributed by atoms with Crippen molar-refractivity contribution in [1.82, 2.24) is 15.1 Å². The number of nitrogens with one attached hydrogen (secondary N) is 1. The fourth-order valence-corrected chi connectivity index (χ4v) is 2.53. The van der Waals surface area contributed by atoms with Gasteiger partial charge in [-0.05, 0) is 43.9 Å². The van der Waals surface area contributed by atoms with Crippen LogP contribution in [0.25, 0.3) is 5.69 Å². The third kappa shape index (κ3) is 3.48. The van der Waals surface area contributed by atoms with Gasteiger partial charge in [0.1, 0.15) is 0 Å². The Morgan fingerprint density at radius 2 is 2.09 bits per heavy atom. The lowest BCUT2D eigenvalue weighted by Gasteiger charge is -2.14. The van der Waals surface area contributed by atoms with Crippen LogP contribution in [0.3, 0.4) is 0 Å². The minimum atomic E-state index is -0.143. The summed E-state index contributed by atoms with van der Waals surface area (Å²) < 4.78 is 1.78. The van der Waals surface area contributed by atoms with Crippen molar-refractivity contribution in [2.24, 2.45) is 11.7 Å². The normalized spacial score (nSPS) is 15.0. The number of nitrogens with two attached hydrogens (primary N) is 1. The summed E-state index contributed by atoms with van der Waals surface area (Å²) in [5, 5.41) is 7.41. The van der Waals surface area contributed by atoms with Crippen LogP contribution in [0.2, 0.25) is 0 Å². The first-order valence-electron chi connectivity index (χ1n) is 7.32. The van der Waals surface area contributed by atoms with Crippen LogP contribution in [-0.4, -0.2) is 28.3 Å². The molecular formula is C16H21ClN4O. The second-order valence-corrected chi connectivity index (χ2v) is 5.57. The second-order valence-electron chi connectivity index (χ2n) is 5.57. The Kier molecular flexibility index (Phi) is 5.21. The van der Waals surface area contributed by atoms with E-state index in [9.17, 15) is 4.79 Å². The molecule has 1 aromatic carbocycles. The van der Waals surface area contributed by atoms with Crippen molar-refractivity contribution in [3.8, 4) is 5.69 Å². The monoisotopic (exact) mass is 320 g/mol. The van der Waals surface area contributed by atoms with Gasteiger partial charge >= 0.3 is 0 Å². The predicted octanol–water partition coefficient (Wildman–Crippen LogP) is 2.07. The van der Waals surface area contributed by atoms with Gasteiger partial charge in [-0.25, -0.2) is 4.68 Å². The molecule has 0 aliphatic heterocycles. The molecule has 6 heteroatoms. The summed E-state index contributed by atoms with van der Waals surface area (Å²) in [5.41, 5.74) is 8.05. The van der Waals surface area contributed by atoms with Crippen molar-refractivity contribution in [3.63, 3.8) is 0 Å². The third-order valence-corrected chi connectivity index (χ3v) is 3.88. The number of aryl methyl sites for hydroxylation is 1. The standard InChI is InChI=1S/C16H20N4O.ClH/c1-11-9-14(16(21)18-15(10-17)12-7-8-12)19-20(11)13-5-3-2-4-6-13;/h2-6,9,12,15H,7-8,10,17H2,1H3,(H,18,21);1H. The summed E-state index contributed by atoms with van der Waals surface area (Å²) in [7, 11) is 0. The van der Waals surface area contributed by atoms with Crippen LogP contribution in [0.1, 0.15) is 29.0 Å². The molecule has 0 spiro atoms. The van der Waals surface area contributed by atoms with E-state index < -0.39 is 0 Å². The minimum absolute atomic E-state index is 0. The van der Waals surface area contributed by atoms with Crippen LogP contribution < -0.4 is 11.1 Å². The zero-order valence-corrected chi connectivity index (χ0v) is 13.3. The molecule has 1 unspecified atom stereocenters. The van der Waals surface area contributed by atoms with E-state index in [4.69, 9.17) is 5.73 Å². The quantitative estimate of drug-likeness (QED) is 0.885. The molecule has 0 radical (unpaired) electrons. The van der Waals surface area contributed by atoms with Crippen LogP contribution in [-0.2, 0) is 0 Å². The number of benzene rings is 1. The van der Waals surface area contributed by atoms with Gasteiger partial charge in [0, 0.05) is 18.3 Å². The first kappa shape index (κ1) is 16.5. The number of nitrogens with zero attached hydrogens (tertiary/aromatic N) is 2. The number of hydrogen-bond donors (Lipinski definition) is 2. The highest BCUT2D eigenvalue weighted by atomic mass is 35.5. The summed E-state index contributed by atoms with van der Waals surface area (Å²) in [6.45, 7) is 2.42. The molecule has 22 heavy (non-hydrogen) atoms. The van der Waals surface area contributed by atoms with Crippen LogP contribution in [0.15, 0.2) is 36.4 Å². The number of hydrogen-bond acceptors (Lipinski definition) is 3. The van der Waals surface area contributed by atoms with Gasteiger partial charge in [-0.2, -0.15) is 5.10 Å². The average molecular weight is 321 g/mol. The lowest BCUT2D eigenvalue weighted by atomic mass is 10.2. The molecule has 1 aromatic heterocycles. The van der Waals surface area contributed by atoms with Gasteiger partial charge < -0.3 is 11.1 Å². The third-order valence-electron chi connectivity index (χ3n) is 3.88. The maximum atomic E-state index is 12.3. The maximum absolute atomic E-state index is 12.3. The molecule has 1 amide bonds. The molecule has 0 bridgehead atoms. The fourth-order valence-electron chi connectivity index (χ4n) is 2.53. The summed E-state index contributed by atoms with van der Waals surface area (Å²) in [6.07, 6.45) is 2.30. The largest absolute Gasteiger partial charge is 0.346 e. The summed E-state index contributed by atoms with van der Waals surface area (Å²) >= 11 is 0. The molecule has 1 fully saturated rings. The van der Waals surface area contributed by atoms with Gasteiger partial charge in [0.05, 0.1) is 5.69 Å². The maximum Gasteiger partial charge on any atom is 0.272 e. The molecule has 3 N–H and O–H groups in total. The highest BCUT2D eigenvalue weighted by Crippen LogP contribution is 2.32. The van der Waals surface area contributed by atoms with E-state index in [0.717, 1.165) is 24.2 Å². The zero-order valence-electron chi connectivity index (χ0n) is 12.5. The number of para-hydroxylation sites is 1. The summed E-state index contributed by atoms with van der Waals surface area (Å²) in [5.74, 6) is 0.395. The van der Waals surface area contributed by atoms with Crippen molar-refractivity contribution in [2.45, 2.75) is 25.8 Å². The Morgan fingerprint density at radius 3 is 2.68 bits per heavy atom. The van der Waals surface area contributed by atoms with Gasteiger partial charge in [0.2, 0.25) is 0 Å². The Hall–Kier alpha value is -1.85. The molecular weight excluding hydrogens is 300 g/mol. The van der Waals surface area contributed by atoms with Crippen LogP contribution >= 0.6 is 12.4 Å². The summed E-state index contributed by atoms with van der Waals surface area (Å²) in [6, 6.07) is 11.7. The zero-order chi connectivity index (χ0) is 14.8. The molecule has 1 heterocycles. The molecule has 5 nitrogen and oxygen atoms in total. The number of amides is 1. The van der Waals surface area contributed by atoms with Gasteiger partial charge in [-0.15, -0.1) is 12.4 Å². The van der Waals surface area contributed by atoms with E-state index in [1.54, 1.807) is 4.68 Å². The molecule has 1 saturated carbocycles. The number of carbonyl (C=O) groups excluding carboxylic acids is 1. The second kappa shape index (κ2) is 6.94. The van der Waals surface area contributed by atoms with E-state index in [-0.39, 0.29) is 24.4 Å². The number of rotatable bonds is 5. The average Bonchev–Trinajstić information content (AvgIpc) is 3.27. The molecule has 1 aliphatic rings. The molecule has 3 rings (SSSR count). The number of carbonyl (C=O) groups is 1. The minimum Gasteiger partial charge on any atom is -0.346 e. The fraction of sp³-hybridized carbons (Fsp3) is 0.375. The first-order chi connectivity index (χ1) is 10.2. The first-order valence-corrected chi connectivity index (χ1v) is 7.32. The molecule has 0 saturated heterocycles. The highest BCUT2D eigenvalue weighted by Gasteiger charge is 2.31. The predicted molar refractivity (Wildman–Crippen MR) is 88.6 cm³/mol. The Bertz CT molecular complexity index is 637. The van der Waals surface area contributed by atoms with Crippen LogP contribution in [0.4, 0.5) is 0 Å². The van der Waals surface area contributed by atoms with E-state index in [0.29, 0.717) is 18.2 Å². The summed E-state index contributed by atoms with van der Waals surface area (Å²) in [4.78, 5) is 12.3. The Balaban J connectivity index is 0.00000176. The van der Waals surface area contributed by atoms with Crippen LogP contribution in [0.5, 0.6) is 0 Å².